The second-order valence-electron chi connectivity index (χ2n) is 3.04. The van der Waals surface area contributed by atoms with E-state index in [1.165, 1.54) is 0 Å². The van der Waals surface area contributed by atoms with Crippen LogP contribution in [0.2, 0.25) is 0 Å². The molecule has 1 unspecified atom stereocenters. The molecule has 2 heterocycles. The molecular formula is C8H10N4O. The monoisotopic (exact) mass is 178 g/mol. The number of nitrogens with zero attached hydrogens (tertiary/aromatic N) is 4. The van der Waals surface area contributed by atoms with Crippen LogP contribution >= 0.6 is 0 Å². The van der Waals surface area contributed by atoms with Crippen molar-refractivity contribution in [1.29, 1.82) is 5.26 Å². The van der Waals surface area contributed by atoms with E-state index >= 15 is 0 Å². The summed E-state index contributed by atoms with van der Waals surface area (Å²) >= 11 is 0. The second-order valence-corrected chi connectivity index (χ2v) is 3.04. The molecule has 1 aliphatic heterocycles. The zero-order valence-electron chi connectivity index (χ0n) is 7.18. The highest BCUT2D eigenvalue weighted by Gasteiger charge is 2.16. The van der Waals surface area contributed by atoms with Crippen LogP contribution in [0.25, 0.3) is 0 Å². The van der Waals surface area contributed by atoms with Crippen LogP contribution in [0.3, 0.4) is 0 Å². The number of ether oxygens (including phenoxy) is 1. The molecule has 1 fully saturated rings. The molecule has 0 amide bonds. The summed E-state index contributed by atoms with van der Waals surface area (Å²) in [5.74, 6) is 0.220. The maximum absolute atomic E-state index is 8.49. The highest BCUT2D eigenvalue weighted by atomic mass is 16.5. The Hall–Kier alpha value is -1.41. The van der Waals surface area contributed by atoms with Crippen LogP contribution < -0.4 is 0 Å². The molecule has 1 aromatic rings. The molecule has 1 atom stereocenters. The molecule has 0 aromatic carbocycles. The van der Waals surface area contributed by atoms with Gasteiger partial charge in [-0.2, -0.15) is 5.26 Å². The largest absolute Gasteiger partial charge is 0.376 e. The summed E-state index contributed by atoms with van der Waals surface area (Å²) < 4.78 is 7.09. The highest BCUT2D eigenvalue weighted by molar-refractivity contribution is 5.05. The SMILES string of the molecule is N#Cc1ncn(CC2CCCO2)n1. The summed E-state index contributed by atoms with van der Waals surface area (Å²) in [5.41, 5.74) is 0. The fourth-order valence-electron chi connectivity index (χ4n) is 1.43. The van der Waals surface area contributed by atoms with Crippen LogP contribution in [0.5, 0.6) is 0 Å². The van der Waals surface area contributed by atoms with Gasteiger partial charge in [0, 0.05) is 6.61 Å². The van der Waals surface area contributed by atoms with Gasteiger partial charge in [-0.15, -0.1) is 5.10 Å². The molecule has 5 nitrogen and oxygen atoms in total. The first-order chi connectivity index (χ1) is 6.38. The van der Waals surface area contributed by atoms with Crippen molar-refractivity contribution in [3.8, 4) is 6.07 Å². The minimum absolute atomic E-state index is 0.220. The van der Waals surface area contributed by atoms with E-state index in [9.17, 15) is 0 Å². The van der Waals surface area contributed by atoms with Gasteiger partial charge in [0.05, 0.1) is 12.6 Å². The molecule has 0 bridgehead atoms. The maximum Gasteiger partial charge on any atom is 0.252 e. The van der Waals surface area contributed by atoms with Crippen molar-refractivity contribution in [3.05, 3.63) is 12.2 Å². The van der Waals surface area contributed by atoms with Crippen LogP contribution in [0.1, 0.15) is 18.7 Å². The molecule has 5 heteroatoms. The fraction of sp³-hybridized carbons (Fsp3) is 0.625. The number of rotatable bonds is 2. The summed E-state index contributed by atoms with van der Waals surface area (Å²) in [7, 11) is 0. The first-order valence-electron chi connectivity index (χ1n) is 4.29. The minimum atomic E-state index is 0.220. The van der Waals surface area contributed by atoms with Crippen LogP contribution in [0, 0.1) is 11.3 Å². The van der Waals surface area contributed by atoms with Crippen molar-refractivity contribution >= 4 is 0 Å². The van der Waals surface area contributed by atoms with E-state index in [0.717, 1.165) is 19.4 Å². The molecule has 0 aliphatic carbocycles. The zero-order valence-corrected chi connectivity index (χ0v) is 7.18. The molecule has 0 saturated carbocycles. The lowest BCUT2D eigenvalue weighted by molar-refractivity contribution is 0.0939. The summed E-state index contributed by atoms with van der Waals surface area (Å²) in [6.07, 6.45) is 4.00. The van der Waals surface area contributed by atoms with Crippen molar-refractivity contribution in [2.24, 2.45) is 0 Å². The van der Waals surface area contributed by atoms with Crippen LogP contribution in [-0.4, -0.2) is 27.5 Å². The Kier molecular flexibility index (Phi) is 2.23. The van der Waals surface area contributed by atoms with E-state index in [1.54, 1.807) is 11.0 Å². The van der Waals surface area contributed by atoms with Crippen molar-refractivity contribution in [2.75, 3.05) is 6.61 Å². The molecule has 0 radical (unpaired) electrons. The van der Waals surface area contributed by atoms with Gasteiger partial charge in [-0.25, -0.2) is 9.67 Å². The first kappa shape index (κ1) is 8.20. The highest BCUT2D eigenvalue weighted by Crippen LogP contribution is 2.13. The lowest BCUT2D eigenvalue weighted by atomic mass is 10.2. The minimum Gasteiger partial charge on any atom is -0.376 e. The third kappa shape index (κ3) is 1.84. The second kappa shape index (κ2) is 3.54. The van der Waals surface area contributed by atoms with Crippen molar-refractivity contribution in [2.45, 2.75) is 25.5 Å². The normalized spacial score (nSPS) is 21.6. The summed E-state index contributed by atoms with van der Waals surface area (Å²) in [4.78, 5) is 3.81. The Morgan fingerprint density at radius 1 is 1.77 bits per heavy atom. The molecule has 1 aromatic heterocycles. The maximum atomic E-state index is 8.49. The summed E-state index contributed by atoms with van der Waals surface area (Å²) in [6, 6.07) is 1.89. The van der Waals surface area contributed by atoms with E-state index in [1.807, 2.05) is 6.07 Å². The molecule has 68 valence electrons. The Bertz CT molecular complexity index is 321. The molecule has 1 saturated heterocycles. The smallest absolute Gasteiger partial charge is 0.252 e. The third-order valence-electron chi connectivity index (χ3n) is 2.05. The zero-order chi connectivity index (χ0) is 9.10. The van der Waals surface area contributed by atoms with Gasteiger partial charge in [-0.05, 0) is 12.8 Å². The number of aromatic nitrogens is 3. The number of hydrogen-bond donors (Lipinski definition) is 0. The Morgan fingerprint density at radius 3 is 3.31 bits per heavy atom. The standard InChI is InChI=1S/C8H10N4O/c9-4-8-10-6-12(11-8)5-7-2-1-3-13-7/h6-7H,1-3,5H2. The molecule has 1 aliphatic rings. The molecule has 2 rings (SSSR count). The Morgan fingerprint density at radius 2 is 2.69 bits per heavy atom. The average Bonchev–Trinajstić information content (AvgIpc) is 2.76. The van der Waals surface area contributed by atoms with Gasteiger partial charge in [-0.1, -0.05) is 0 Å². The van der Waals surface area contributed by atoms with Gasteiger partial charge in [0.1, 0.15) is 12.4 Å². The topological polar surface area (TPSA) is 63.7 Å². The van der Waals surface area contributed by atoms with E-state index in [0.29, 0.717) is 6.54 Å². The van der Waals surface area contributed by atoms with Crippen molar-refractivity contribution < 1.29 is 4.74 Å². The van der Waals surface area contributed by atoms with Gasteiger partial charge < -0.3 is 4.74 Å². The molecule has 0 N–H and O–H groups in total. The van der Waals surface area contributed by atoms with E-state index in [2.05, 4.69) is 10.1 Å². The van der Waals surface area contributed by atoms with Gasteiger partial charge in [0.2, 0.25) is 0 Å². The predicted molar refractivity (Wildman–Crippen MR) is 43.7 cm³/mol. The predicted octanol–water partition coefficient (Wildman–Crippen LogP) is 0.329. The van der Waals surface area contributed by atoms with Crippen molar-refractivity contribution in [1.82, 2.24) is 14.8 Å². The number of hydrogen-bond acceptors (Lipinski definition) is 4. The van der Waals surface area contributed by atoms with E-state index in [-0.39, 0.29) is 11.9 Å². The van der Waals surface area contributed by atoms with Gasteiger partial charge in [0.25, 0.3) is 5.82 Å². The molecular weight excluding hydrogens is 168 g/mol. The number of nitriles is 1. The lowest BCUT2D eigenvalue weighted by Crippen LogP contribution is -2.15. The van der Waals surface area contributed by atoms with Crippen LogP contribution in [0.15, 0.2) is 6.33 Å². The first-order valence-corrected chi connectivity index (χ1v) is 4.29. The fourth-order valence-corrected chi connectivity index (χ4v) is 1.43. The molecule has 13 heavy (non-hydrogen) atoms. The van der Waals surface area contributed by atoms with Crippen molar-refractivity contribution in [3.63, 3.8) is 0 Å². The van der Waals surface area contributed by atoms with Crippen LogP contribution in [-0.2, 0) is 11.3 Å². The van der Waals surface area contributed by atoms with E-state index in [4.69, 9.17) is 10.00 Å². The Balaban J connectivity index is 1.97. The van der Waals surface area contributed by atoms with Gasteiger partial charge in [-0.3, -0.25) is 0 Å². The van der Waals surface area contributed by atoms with Gasteiger partial charge in [0.15, 0.2) is 0 Å². The summed E-state index contributed by atoms with van der Waals surface area (Å²) in [5, 5.41) is 12.4. The quantitative estimate of drug-likeness (QED) is 0.654. The third-order valence-corrected chi connectivity index (χ3v) is 2.05. The molecule has 0 spiro atoms. The Labute approximate surface area is 75.9 Å². The van der Waals surface area contributed by atoms with Gasteiger partial charge >= 0.3 is 0 Å². The van der Waals surface area contributed by atoms with Crippen LogP contribution in [0.4, 0.5) is 0 Å². The average molecular weight is 178 g/mol. The van der Waals surface area contributed by atoms with E-state index < -0.39 is 0 Å². The summed E-state index contributed by atoms with van der Waals surface area (Å²) in [6.45, 7) is 1.54. The lowest BCUT2D eigenvalue weighted by Gasteiger charge is -2.07.